The van der Waals surface area contributed by atoms with Gasteiger partial charge in [0.1, 0.15) is 0 Å². The molecule has 0 heterocycles. The summed E-state index contributed by atoms with van der Waals surface area (Å²) < 4.78 is 0. The van der Waals surface area contributed by atoms with Gasteiger partial charge in [0.25, 0.3) is 0 Å². The maximum absolute atomic E-state index is 2.56. The molecule has 0 spiro atoms. The van der Waals surface area contributed by atoms with Crippen LogP contribution in [0, 0.1) is 0 Å². The van der Waals surface area contributed by atoms with Crippen LogP contribution in [0.4, 0.5) is 0 Å². The molecule has 0 aromatic heterocycles. The fourth-order valence-electron chi connectivity index (χ4n) is 4.66. The van der Waals surface area contributed by atoms with E-state index in [0.717, 1.165) is 12.8 Å². The zero-order valence-electron chi connectivity index (χ0n) is 25.7. The standard InChI is InChI=1S/C36H67N/c1-4-6-8-10-12-14-16-18-20-22-24-26-28-30-32-34-36-37(3)35-33-31-29-27-25-23-21-19-17-15-13-11-9-7-5-2/h11-14,17-20H,4-10,15-16,21-36H2,1-3H3. The molecule has 1 heteroatoms. The molecule has 0 unspecified atom stereocenters. The number of hydrogen-bond acceptors (Lipinski definition) is 1. The first-order chi connectivity index (χ1) is 18.3. The van der Waals surface area contributed by atoms with Crippen LogP contribution in [-0.4, -0.2) is 25.0 Å². The van der Waals surface area contributed by atoms with Crippen molar-refractivity contribution in [2.45, 2.75) is 162 Å². The second kappa shape index (κ2) is 32.9. The van der Waals surface area contributed by atoms with Gasteiger partial charge in [0.05, 0.1) is 0 Å². The lowest BCUT2D eigenvalue weighted by atomic mass is 10.1. The van der Waals surface area contributed by atoms with Crippen LogP contribution in [0.2, 0.25) is 0 Å². The van der Waals surface area contributed by atoms with E-state index >= 15 is 0 Å². The third-order valence-electron chi connectivity index (χ3n) is 7.23. The van der Waals surface area contributed by atoms with Gasteiger partial charge < -0.3 is 4.90 Å². The van der Waals surface area contributed by atoms with Crippen LogP contribution in [0.5, 0.6) is 0 Å². The molecule has 0 aromatic rings. The van der Waals surface area contributed by atoms with E-state index < -0.39 is 0 Å². The van der Waals surface area contributed by atoms with Crippen molar-refractivity contribution < 1.29 is 0 Å². The molecule has 0 rings (SSSR count). The van der Waals surface area contributed by atoms with Crippen molar-refractivity contribution in [3.8, 4) is 0 Å². The lowest BCUT2D eigenvalue weighted by Gasteiger charge is -2.16. The Morgan fingerprint density at radius 2 is 0.676 bits per heavy atom. The molecular formula is C36H67N. The summed E-state index contributed by atoms with van der Waals surface area (Å²) >= 11 is 0. The van der Waals surface area contributed by atoms with Crippen LogP contribution in [0.1, 0.15) is 162 Å². The van der Waals surface area contributed by atoms with Crippen LogP contribution in [0.15, 0.2) is 48.6 Å². The van der Waals surface area contributed by atoms with E-state index in [1.54, 1.807) is 0 Å². The van der Waals surface area contributed by atoms with Crippen molar-refractivity contribution in [3.63, 3.8) is 0 Å². The summed E-state index contributed by atoms with van der Waals surface area (Å²) in [7, 11) is 2.32. The molecule has 0 N–H and O–H groups in total. The molecule has 37 heavy (non-hydrogen) atoms. The Hall–Kier alpha value is -1.08. The van der Waals surface area contributed by atoms with Crippen molar-refractivity contribution in [3.05, 3.63) is 48.6 Å². The minimum Gasteiger partial charge on any atom is -0.306 e. The quantitative estimate of drug-likeness (QED) is 0.0710. The van der Waals surface area contributed by atoms with Crippen LogP contribution >= 0.6 is 0 Å². The van der Waals surface area contributed by atoms with Gasteiger partial charge >= 0.3 is 0 Å². The van der Waals surface area contributed by atoms with Crippen molar-refractivity contribution in [1.82, 2.24) is 4.90 Å². The first-order valence-corrected chi connectivity index (χ1v) is 16.6. The Morgan fingerprint density at radius 3 is 1.08 bits per heavy atom. The average molecular weight is 514 g/mol. The van der Waals surface area contributed by atoms with Gasteiger partial charge in [-0.25, -0.2) is 0 Å². The second-order valence-corrected chi connectivity index (χ2v) is 11.1. The van der Waals surface area contributed by atoms with E-state index in [1.165, 1.54) is 148 Å². The molecule has 0 bridgehead atoms. The lowest BCUT2D eigenvalue weighted by molar-refractivity contribution is 0.314. The minimum absolute atomic E-state index is 1.12. The highest BCUT2D eigenvalue weighted by Crippen LogP contribution is 2.10. The Morgan fingerprint density at radius 1 is 0.351 bits per heavy atom. The van der Waals surface area contributed by atoms with Gasteiger partial charge in [0.15, 0.2) is 0 Å². The summed E-state index contributed by atoms with van der Waals surface area (Å²) in [5.74, 6) is 0. The molecule has 0 radical (unpaired) electrons. The number of nitrogens with zero attached hydrogens (tertiary/aromatic N) is 1. The molecular weight excluding hydrogens is 446 g/mol. The zero-order chi connectivity index (χ0) is 26.9. The first-order valence-electron chi connectivity index (χ1n) is 16.6. The van der Waals surface area contributed by atoms with Gasteiger partial charge in [0.2, 0.25) is 0 Å². The maximum Gasteiger partial charge on any atom is -0.00218 e. The van der Waals surface area contributed by atoms with Gasteiger partial charge in [-0.2, -0.15) is 0 Å². The summed E-state index contributed by atoms with van der Waals surface area (Å²) in [6.07, 6.45) is 49.5. The van der Waals surface area contributed by atoms with Crippen LogP contribution < -0.4 is 0 Å². The summed E-state index contributed by atoms with van der Waals surface area (Å²) in [5, 5.41) is 0. The van der Waals surface area contributed by atoms with Gasteiger partial charge in [-0.1, -0.05) is 140 Å². The summed E-state index contributed by atoms with van der Waals surface area (Å²) in [5.41, 5.74) is 0. The number of unbranched alkanes of at least 4 members (excludes halogenated alkanes) is 17. The van der Waals surface area contributed by atoms with Crippen molar-refractivity contribution in [2.24, 2.45) is 0 Å². The predicted molar refractivity (Wildman–Crippen MR) is 172 cm³/mol. The molecule has 0 atom stereocenters. The number of allylic oxidation sites excluding steroid dienone is 8. The van der Waals surface area contributed by atoms with Gasteiger partial charge in [0, 0.05) is 0 Å². The molecule has 0 saturated heterocycles. The van der Waals surface area contributed by atoms with E-state index in [2.05, 4.69) is 74.4 Å². The Labute approximate surface area is 235 Å². The van der Waals surface area contributed by atoms with E-state index in [0.29, 0.717) is 0 Å². The molecule has 0 aliphatic heterocycles. The lowest BCUT2D eigenvalue weighted by Crippen LogP contribution is -2.20. The molecule has 0 aliphatic carbocycles. The molecule has 0 aliphatic rings. The smallest absolute Gasteiger partial charge is 0.00218 e. The third-order valence-corrected chi connectivity index (χ3v) is 7.23. The van der Waals surface area contributed by atoms with Crippen molar-refractivity contribution in [2.75, 3.05) is 20.1 Å². The van der Waals surface area contributed by atoms with Crippen molar-refractivity contribution in [1.29, 1.82) is 0 Å². The van der Waals surface area contributed by atoms with Gasteiger partial charge in [-0.15, -0.1) is 0 Å². The molecule has 216 valence electrons. The highest BCUT2D eigenvalue weighted by Gasteiger charge is 1.99. The summed E-state index contributed by atoms with van der Waals surface area (Å²) in [6, 6.07) is 0. The number of rotatable bonds is 29. The Kier molecular flexibility index (Phi) is 32.0. The van der Waals surface area contributed by atoms with E-state index in [-0.39, 0.29) is 0 Å². The Balaban J connectivity index is 3.29. The van der Waals surface area contributed by atoms with E-state index in [1.807, 2.05) is 0 Å². The molecule has 1 nitrogen and oxygen atoms in total. The molecule has 0 fully saturated rings. The average Bonchev–Trinajstić information content (AvgIpc) is 2.90. The third kappa shape index (κ3) is 32.9. The van der Waals surface area contributed by atoms with Crippen molar-refractivity contribution >= 4 is 0 Å². The van der Waals surface area contributed by atoms with Crippen LogP contribution in [-0.2, 0) is 0 Å². The van der Waals surface area contributed by atoms with Gasteiger partial charge in [-0.05, 0) is 90.8 Å². The van der Waals surface area contributed by atoms with Crippen LogP contribution in [0.25, 0.3) is 0 Å². The minimum atomic E-state index is 1.12. The zero-order valence-corrected chi connectivity index (χ0v) is 25.7. The van der Waals surface area contributed by atoms with E-state index in [4.69, 9.17) is 0 Å². The monoisotopic (exact) mass is 514 g/mol. The van der Waals surface area contributed by atoms with E-state index in [9.17, 15) is 0 Å². The summed E-state index contributed by atoms with van der Waals surface area (Å²) in [4.78, 5) is 2.56. The van der Waals surface area contributed by atoms with Crippen LogP contribution in [0.3, 0.4) is 0 Å². The SMILES string of the molecule is CCCCC=CCC=CCCCCCCCCN(C)CCCCCCCCC=CCC=CCCCCC. The molecule has 0 saturated carbocycles. The maximum atomic E-state index is 2.56. The topological polar surface area (TPSA) is 3.24 Å². The molecule has 0 amide bonds. The highest BCUT2D eigenvalue weighted by molar-refractivity contribution is 4.93. The van der Waals surface area contributed by atoms with Gasteiger partial charge in [-0.3, -0.25) is 0 Å². The second-order valence-electron chi connectivity index (χ2n) is 11.1. The predicted octanol–water partition coefficient (Wildman–Crippen LogP) is 12.2. The fourth-order valence-corrected chi connectivity index (χ4v) is 4.66. The first kappa shape index (κ1) is 35.9. The Bertz CT molecular complexity index is 527. The molecule has 0 aromatic carbocycles. The summed E-state index contributed by atoms with van der Waals surface area (Å²) in [6.45, 7) is 7.10. The highest BCUT2D eigenvalue weighted by atomic mass is 15.1. The number of hydrogen-bond donors (Lipinski definition) is 0. The normalized spacial score (nSPS) is 12.5. The fraction of sp³-hybridized carbons (Fsp3) is 0.778. The largest absolute Gasteiger partial charge is 0.306 e.